The lowest BCUT2D eigenvalue weighted by molar-refractivity contribution is -0.136. The summed E-state index contributed by atoms with van der Waals surface area (Å²) in [5, 5.41) is 11.6. The Labute approximate surface area is 196 Å². The van der Waals surface area contributed by atoms with Crippen LogP contribution in [0.4, 0.5) is 5.69 Å². The number of pyridine rings is 1. The molecule has 0 spiro atoms. The molecule has 1 aromatic heterocycles. The Hall–Kier alpha value is -3.92. The number of hydrogen-bond acceptors (Lipinski definition) is 6. The SMILES string of the molecule is COc1ccc(-c2ccc(CCC(=O)O)cc2)cc1S(=O)(=O)Nc1cnc2c(c1)C(=O)NCC2. The van der Waals surface area contributed by atoms with E-state index in [4.69, 9.17) is 9.84 Å². The van der Waals surface area contributed by atoms with Crippen molar-refractivity contribution < 1.29 is 27.9 Å². The number of amides is 1. The number of carboxylic acids is 1. The number of carboxylic acid groups (broad SMARTS) is 1. The molecule has 34 heavy (non-hydrogen) atoms. The Morgan fingerprint density at radius 3 is 2.59 bits per heavy atom. The third-order valence-corrected chi connectivity index (χ3v) is 6.88. The average molecular weight is 482 g/mol. The van der Waals surface area contributed by atoms with Crippen LogP contribution in [0.15, 0.2) is 59.6 Å². The highest BCUT2D eigenvalue weighted by atomic mass is 32.2. The molecule has 1 aliphatic rings. The van der Waals surface area contributed by atoms with E-state index in [9.17, 15) is 18.0 Å². The zero-order valence-corrected chi connectivity index (χ0v) is 19.2. The number of rotatable bonds is 8. The quantitative estimate of drug-likeness (QED) is 0.450. The van der Waals surface area contributed by atoms with Crippen molar-refractivity contribution >= 4 is 27.6 Å². The Balaban J connectivity index is 1.63. The molecule has 0 saturated carbocycles. The number of hydrogen-bond donors (Lipinski definition) is 3. The number of nitrogens with zero attached hydrogens (tertiary/aromatic N) is 1. The maximum Gasteiger partial charge on any atom is 0.303 e. The Bertz CT molecular complexity index is 1350. The number of aryl methyl sites for hydroxylation is 1. The van der Waals surface area contributed by atoms with E-state index in [1.807, 2.05) is 24.3 Å². The molecule has 0 radical (unpaired) electrons. The lowest BCUT2D eigenvalue weighted by atomic mass is 10.0. The summed E-state index contributed by atoms with van der Waals surface area (Å²) in [7, 11) is -2.68. The molecule has 4 rings (SSSR count). The Morgan fingerprint density at radius 2 is 1.88 bits per heavy atom. The van der Waals surface area contributed by atoms with Gasteiger partial charge in [0, 0.05) is 19.4 Å². The molecule has 0 bridgehead atoms. The molecule has 0 saturated heterocycles. The number of aliphatic carboxylic acids is 1. The molecule has 1 amide bonds. The monoisotopic (exact) mass is 481 g/mol. The summed E-state index contributed by atoms with van der Waals surface area (Å²) < 4.78 is 34.3. The van der Waals surface area contributed by atoms with E-state index in [-0.39, 0.29) is 28.7 Å². The van der Waals surface area contributed by atoms with Crippen molar-refractivity contribution in [2.45, 2.75) is 24.2 Å². The van der Waals surface area contributed by atoms with Crippen LogP contribution in [-0.2, 0) is 27.7 Å². The predicted molar refractivity (Wildman–Crippen MR) is 125 cm³/mol. The second-order valence-electron chi connectivity index (χ2n) is 7.79. The molecule has 10 heteroatoms. The number of ether oxygens (including phenoxy) is 1. The fourth-order valence-corrected chi connectivity index (χ4v) is 4.96. The first kappa shape index (κ1) is 23.2. The third kappa shape index (κ3) is 5.01. The standard InChI is InChI=1S/C24H23N3O6S/c1-33-21-8-7-17(16-5-2-15(3-6-16)4-9-23(28)29)12-22(21)34(31,32)27-18-13-19-20(26-14-18)10-11-25-24(19)30/h2-3,5-8,12-14,27H,4,9-11H2,1H3,(H,25,30)(H,28,29). The van der Waals surface area contributed by atoms with Gasteiger partial charge in [-0.3, -0.25) is 19.3 Å². The number of carbonyl (C=O) groups excluding carboxylic acids is 1. The highest BCUT2D eigenvalue weighted by Crippen LogP contribution is 2.31. The molecule has 0 fully saturated rings. The van der Waals surface area contributed by atoms with E-state index >= 15 is 0 Å². The number of nitrogens with one attached hydrogen (secondary N) is 2. The van der Waals surface area contributed by atoms with Gasteiger partial charge in [-0.25, -0.2) is 8.42 Å². The van der Waals surface area contributed by atoms with Gasteiger partial charge in [0.05, 0.1) is 30.3 Å². The molecule has 3 N–H and O–H groups in total. The number of sulfonamides is 1. The van der Waals surface area contributed by atoms with Gasteiger partial charge in [0.2, 0.25) is 0 Å². The van der Waals surface area contributed by atoms with E-state index < -0.39 is 16.0 Å². The second kappa shape index (κ2) is 9.52. The van der Waals surface area contributed by atoms with Crippen LogP contribution in [0.25, 0.3) is 11.1 Å². The Morgan fingerprint density at radius 1 is 1.15 bits per heavy atom. The van der Waals surface area contributed by atoms with E-state index in [2.05, 4.69) is 15.0 Å². The van der Waals surface area contributed by atoms with Crippen LogP contribution in [0.1, 0.15) is 28.0 Å². The van der Waals surface area contributed by atoms with Gasteiger partial charge in [-0.2, -0.15) is 0 Å². The first-order valence-electron chi connectivity index (χ1n) is 10.6. The molecular formula is C24H23N3O6S. The van der Waals surface area contributed by atoms with Crippen LogP contribution in [0.2, 0.25) is 0 Å². The van der Waals surface area contributed by atoms with Crippen molar-refractivity contribution in [3.8, 4) is 16.9 Å². The van der Waals surface area contributed by atoms with Crippen molar-refractivity contribution in [3.05, 3.63) is 71.5 Å². The molecule has 0 atom stereocenters. The fraction of sp³-hybridized carbons (Fsp3) is 0.208. The number of carbonyl (C=O) groups is 2. The van der Waals surface area contributed by atoms with Crippen molar-refractivity contribution in [1.82, 2.24) is 10.3 Å². The minimum Gasteiger partial charge on any atom is -0.495 e. The lowest BCUT2D eigenvalue weighted by Gasteiger charge is -2.17. The molecule has 3 aromatic rings. The average Bonchev–Trinajstić information content (AvgIpc) is 2.83. The summed E-state index contributed by atoms with van der Waals surface area (Å²) in [6.07, 6.45) is 2.42. The third-order valence-electron chi connectivity index (χ3n) is 5.48. The zero-order valence-electron chi connectivity index (χ0n) is 18.4. The predicted octanol–water partition coefficient (Wildman–Crippen LogP) is 2.86. The van der Waals surface area contributed by atoms with E-state index in [0.717, 1.165) is 11.1 Å². The van der Waals surface area contributed by atoms with Crippen LogP contribution in [0, 0.1) is 0 Å². The maximum absolute atomic E-state index is 13.2. The van der Waals surface area contributed by atoms with Gasteiger partial charge < -0.3 is 15.2 Å². The summed E-state index contributed by atoms with van der Waals surface area (Å²) >= 11 is 0. The van der Waals surface area contributed by atoms with Gasteiger partial charge in [-0.05, 0) is 41.3 Å². The molecule has 2 heterocycles. The normalized spacial score (nSPS) is 13.0. The summed E-state index contributed by atoms with van der Waals surface area (Å²) in [4.78, 5) is 27.0. The number of anilines is 1. The van der Waals surface area contributed by atoms with Crippen LogP contribution < -0.4 is 14.8 Å². The highest BCUT2D eigenvalue weighted by molar-refractivity contribution is 7.92. The first-order chi connectivity index (χ1) is 16.3. The summed E-state index contributed by atoms with van der Waals surface area (Å²) in [6.45, 7) is 0.494. The molecule has 2 aromatic carbocycles. The van der Waals surface area contributed by atoms with E-state index in [0.29, 0.717) is 36.2 Å². The molecule has 9 nitrogen and oxygen atoms in total. The highest BCUT2D eigenvalue weighted by Gasteiger charge is 2.23. The molecule has 0 unspecified atom stereocenters. The van der Waals surface area contributed by atoms with Gasteiger partial charge in [0.15, 0.2) is 0 Å². The van der Waals surface area contributed by atoms with Crippen molar-refractivity contribution in [2.24, 2.45) is 0 Å². The van der Waals surface area contributed by atoms with Gasteiger partial charge in [-0.1, -0.05) is 30.3 Å². The Kier molecular flexibility index (Phi) is 6.51. The fourth-order valence-electron chi connectivity index (χ4n) is 3.73. The summed E-state index contributed by atoms with van der Waals surface area (Å²) in [6, 6.07) is 13.6. The van der Waals surface area contributed by atoms with E-state index in [1.165, 1.54) is 25.4 Å². The second-order valence-corrected chi connectivity index (χ2v) is 9.44. The van der Waals surface area contributed by atoms with Gasteiger partial charge in [0.25, 0.3) is 15.9 Å². The first-order valence-corrected chi connectivity index (χ1v) is 12.0. The van der Waals surface area contributed by atoms with Gasteiger partial charge >= 0.3 is 5.97 Å². The minimum atomic E-state index is -4.07. The largest absolute Gasteiger partial charge is 0.495 e. The molecular weight excluding hydrogens is 458 g/mol. The molecule has 1 aliphatic heterocycles. The van der Waals surface area contributed by atoms with Crippen LogP contribution >= 0.6 is 0 Å². The summed E-state index contributed by atoms with van der Waals surface area (Å²) in [5.74, 6) is -0.990. The van der Waals surface area contributed by atoms with Crippen LogP contribution in [-0.4, -0.2) is 44.0 Å². The van der Waals surface area contributed by atoms with Crippen LogP contribution in [0.3, 0.4) is 0 Å². The van der Waals surface area contributed by atoms with Crippen molar-refractivity contribution in [2.75, 3.05) is 18.4 Å². The van der Waals surface area contributed by atoms with Crippen LogP contribution in [0.5, 0.6) is 5.75 Å². The van der Waals surface area contributed by atoms with Crippen molar-refractivity contribution in [3.63, 3.8) is 0 Å². The lowest BCUT2D eigenvalue weighted by Crippen LogP contribution is -2.32. The zero-order chi connectivity index (χ0) is 24.3. The van der Waals surface area contributed by atoms with Gasteiger partial charge in [-0.15, -0.1) is 0 Å². The smallest absolute Gasteiger partial charge is 0.303 e. The molecule has 176 valence electrons. The minimum absolute atomic E-state index is 0.0369. The van der Waals surface area contributed by atoms with Gasteiger partial charge in [0.1, 0.15) is 10.6 Å². The molecule has 0 aliphatic carbocycles. The number of benzene rings is 2. The van der Waals surface area contributed by atoms with E-state index in [1.54, 1.807) is 12.1 Å². The number of fused-ring (bicyclic) bond motifs is 1. The van der Waals surface area contributed by atoms with Crippen molar-refractivity contribution in [1.29, 1.82) is 0 Å². The summed E-state index contributed by atoms with van der Waals surface area (Å²) in [5.41, 5.74) is 3.43. The maximum atomic E-state index is 13.2. The topological polar surface area (TPSA) is 135 Å². The number of methoxy groups -OCH3 is 1. The number of aromatic nitrogens is 1.